The minimum Gasteiger partial charge on any atom is -0.480 e. The summed E-state index contributed by atoms with van der Waals surface area (Å²) in [4.78, 5) is 30.0. The van der Waals surface area contributed by atoms with E-state index in [0.717, 1.165) is 11.0 Å². The smallest absolute Gasteiger partial charge is 0.326 e. The number of benzene rings is 1. The Morgan fingerprint density at radius 2 is 2.26 bits per heavy atom. The van der Waals surface area contributed by atoms with Crippen LogP contribution < -0.4 is 5.32 Å². The molecule has 0 unspecified atom stereocenters. The van der Waals surface area contributed by atoms with E-state index in [0.29, 0.717) is 18.4 Å². The van der Waals surface area contributed by atoms with Gasteiger partial charge in [0, 0.05) is 5.56 Å². The number of carboxylic acids is 1. The minimum absolute atomic E-state index is 0.391. The van der Waals surface area contributed by atoms with Gasteiger partial charge in [-0.1, -0.05) is 13.3 Å². The third kappa shape index (κ3) is 2.90. The lowest BCUT2D eigenvalue weighted by molar-refractivity contribution is -0.139. The number of carbonyl (C=O) groups excluding carboxylic acids is 1. The zero-order chi connectivity index (χ0) is 13.8. The van der Waals surface area contributed by atoms with E-state index < -0.39 is 17.9 Å². The van der Waals surface area contributed by atoms with Gasteiger partial charge in [0.15, 0.2) is 0 Å². The molecule has 6 nitrogen and oxygen atoms in total. The number of amides is 1. The number of aliphatic carboxylic acids is 1. The molecule has 0 aliphatic rings. The molecular weight excluding hydrogens is 246 g/mol. The lowest BCUT2D eigenvalue weighted by atomic mass is 10.1. The highest BCUT2D eigenvalue weighted by molar-refractivity contribution is 5.99. The maximum Gasteiger partial charge on any atom is 0.326 e. The topological polar surface area (TPSA) is 95.1 Å². The largest absolute Gasteiger partial charge is 0.480 e. The highest BCUT2D eigenvalue weighted by Crippen LogP contribution is 2.12. The maximum absolute atomic E-state index is 12.0. The maximum atomic E-state index is 12.0. The van der Waals surface area contributed by atoms with Gasteiger partial charge in [-0.05, 0) is 24.6 Å². The molecule has 2 rings (SSSR count). The molecule has 3 N–H and O–H groups in total. The predicted molar refractivity (Wildman–Crippen MR) is 69.9 cm³/mol. The van der Waals surface area contributed by atoms with E-state index in [1.807, 2.05) is 6.92 Å². The van der Waals surface area contributed by atoms with Gasteiger partial charge in [0.05, 0.1) is 17.4 Å². The standard InChI is InChI=1S/C13H15N3O3/c1-2-3-10(13(18)19)16-12(17)8-4-5-9-11(6-8)15-7-14-9/h4-7,10H,2-3H2,1H3,(H,14,15)(H,16,17)(H,18,19)/t10-/m0/s1. The molecule has 0 radical (unpaired) electrons. The summed E-state index contributed by atoms with van der Waals surface area (Å²) in [5.74, 6) is -1.41. The number of carboxylic acid groups (broad SMARTS) is 1. The van der Waals surface area contributed by atoms with Crippen LogP contribution in [-0.4, -0.2) is 33.0 Å². The summed E-state index contributed by atoms with van der Waals surface area (Å²) in [6.07, 6.45) is 2.65. The second kappa shape index (κ2) is 5.51. The second-order valence-electron chi connectivity index (χ2n) is 4.29. The van der Waals surface area contributed by atoms with Gasteiger partial charge in [-0.25, -0.2) is 9.78 Å². The molecule has 0 saturated heterocycles. The number of imidazole rings is 1. The highest BCUT2D eigenvalue weighted by Gasteiger charge is 2.19. The third-order valence-electron chi connectivity index (χ3n) is 2.86. The van der Waals surface area contributed by atoms with Gasteiger partial charge in [-0.2, -0.15) is 0 Å². The molecule has 1 amide bonds. The van der Waals surface area contributed by atoms with Crippen LogP contribution in [0.5, 0.6) is 0 Å². The van der Waals surface area contributed by atoms with Crippen LogP contribution in [0.2, 0.25) is 0 Å². The van der Waals surface area contributed by atoms with E-state index in [1.165, 1.54) is 0 Å². The van der Waals surface area contributed by atoms with Gasteiger partial charge in [-0.3, -0.25) is 4.79 Å². The molecule has 2 aromatic rings. The van der Waals surface area contributed by atoms with E-state index in [1.54, 1.807) is 24.5 Å². The van der Waals surface area contributed by atoms with E-state index in [4.69, 9.17) is 5.11 Å². The number of hydrogen-bond acceptors (Lipinski definition) is 3. The van der Waals surface area contributed by atoms with Crippen LogP contribution in [0.15, 0.2) is 24.5 Å². The van der Waals surface area contributed by atoms with Crippen LogP contribution in [0.25, 0.3) is 11.0 Å². The predicted octanol–water partition coefficient (Wildman–Crippen LogP) is 1.55. The molecule has 6 heteroatoms. The third-order valence-corrected chi connectivity index (χ3v) is 2.86. The summed E-state index contributed by atoms with van der Waals surface area (Å²) >= 11 is 0. The molecule has 19 heavy (non-hydrogen) atoms. The van der Waals surface area contributed by atoms with E-state index in [9.17, 15) is 9.59 Å². The van der Waals surface area contributed by atoms with Crippen LogP contribution in [0.3, 0.4) is 0 Å². The van der Waals surface area contributed by atoms with Crippen molar-refractivity contribution in [2.45, 2.75) is 25.8 Å². The number of hydrogen-bond donors (Lipinski definition) is 3. The first-order valence-corrected chi connectivity index (χ1v) is 6.08. The Morgan fingerprint density at radius 1 is 1.47 bits per heavy atom. The van der Waals surface area contributed by atoms with Crippen LogP contribution in [0, 0.1) is 0 Å². The summed E-state index contributed by atoms with van der Waals surface area (Å²) in [5.41, 5.74) is 1.93. The molecule has 0 aliphatic carbocycles. The van der Waals surface area contributed by atoms with Crippen LogP contribution in [0.1, 0.15) is 30.1 Å². The molecule has 0 bridgehead atoms. The average molecular weight is 261 g/mol. The molecular formula is C13H15N3O3. The van der Waals surface area contributed by atoms with E-state index in [-0.39, 0.29) is 0 Å². The van der Waals surface area contributed by atoms with Crippen LogP contribution in [0.4, 0.5) is 0 Å². The fourth-order valence-electron chi connectivity index (χ4n) is 1.86. The van der Waals surface area contributed by atoms with Crippen molar-refractivity contribution in [3.8, 4) is 0 Å². The molecule has 0 aliphatic heterocycles. The zero-order valence-electron chi connectivity index (χ0n) is 10.5. The van der Waals surface area contributed by atoms with Crippen molar-refractivity contribution in [1.82, 2.24) is 15.3 Å². The van der Waals surface area contributed by atoms with Gasteiger partial charge in [0.25, 0.3) is 5.91 Å². The molecule has 1 aromatic heterocycles. The van der Waals surface area contributed by atoms with Crippen molar-refractivity contribution < 1.29 is 14.7 Å². The number of carbonyl (C=O) groups is 2. The molecule has 100 valence electrons. The Hall–Kier alpha value is -2.37. The van der Waals surface area contributed by atoms with E-state index in [2.05, 4.69) is 15.3 Å². The van der Waals surface area contributed by atoms with E-state index >= 15 is 0 Å². The Labute approximate surface area is 109 Å². The monoisotopic (exact) mass is 261 g/mol. The Balaban J connectivity index is 2.16. The lowest BCUT2D eigenvalue weighted by Crippen LogP contribution is -2.40. The summed E-state index contributed by atoms with van der Waals surface area (Å²) in [5, 5.41) is 11.5. The quantitative estimate of drug-likeness (QED) is 0.760. The van der Waals surface area contributed by atoms with Crippen molar-refractivity contribution >= 4 is 22.9 Å². The van der Waals surface area contributed by atoms with Gasteiger partial charge in [-0.15, -0.1) is 0 Å². The number of nitrogens with zero attached hydrogens (tertiary/aromatic N) is 1. The normalized spacial score (nSPS) is 12.3. The van der Waals surface area contributed by atoms with Gasteiger partial charge >= 0.3 is 5.97 Å². The summed E-state index contributed by atoms with van der Waals surface area (Å²) in [7, 11) is 0. The molecule has 1 atom stereocenters. The number of H-pyrrole nitrogens is 1. The second-order valence-corrected chi connectivity index (χ2v) is 4.29. The fraction of sp³-hybridized carbons (Fsp3) is 0.308. The number of aromatic nitrogens is 2. The first kappa shape index (κ1) is 13.1. The Kier molecular flexibility index (Phi) is 3.79. The molecule has 0 saturated carbocycles. The highest BCUT2D eigenvalue weighted by atomic mass is 16.4. The van der Waals surface area contributed by atoms with Crippen LogP contribution >= 0.6 is 0 Å². The number of fused-ring (bicyclic) bond motifs is 1. The van der Waals surface area contributed by atoms with Crippen molar-refractivity contribution in [3.63, 3.8) is 0 Å². The Morgan fingerprint density at radius 3 is 2.95 bits per heavy atom. The summed E-state index contributed by atoms with van der Waals surface area (Å²) in [6, 6.07) is 4.15. The van der Waals surface area contributed by atoms with Gasteiger partial charge in [0.2, 0.25) is 0 Å². The number of rotatable bonds is 5. The zero-order valence-corrected chi connectivity index (χ0v) is 10.5. The lowest BCUT2D eigenvalue weighted by Gasteiger charge is -2.13. The Bertz CT molecular complexity index is 606. The minimum atomic E-state index is -1.02. The van der Waals surface area contributed by atoms with Gasteiger partial charge < -0.3 is 15.4 Å². The van der Waals surface area contributed by atoms with Crippen molar-refractivity contribution in [2.75, 3.05) is 0 Å². The first-order valence-electron chi connectivity index (χ1n) is 6.08. The molecule has 0 fully saturated rings. The number of nitrogens with one attached hydrogen (secondary N) is 2. The van der Waals surface area contributed by atoms with Crippen molar-refractivity contribution in [2.24, 2.45) is 0 Å². The summed E-state index contributed by atoms with van der Waals surface area (Å²) in [6.45, 7) is 1.87. The van der Waals surface area contributed by atoms with Crippen LogP contribution in [-0.2, 0) is 4.79 Å². The summed E-state index contributed by atoms with van der Waals surface area (Å²) < 4.78 is 0. The first-order chi connectivity index (χ1) is 9.11. The molecule has 0 spiro atoms. The average Bonchev–Trinajstić information content (AvgIpc) is 2.85. The fourth-order valence-corrected chi connectivity index (χ4v) is 1.86. The molecule has 1 aromatic carbocycles. The molecule has 1 heterocycles. The van der Waals surface area contributed by atoms with Gasteiger partial charge in [0.1, 0.15) is 6.04 Å². The van der Waals surface area contributed by atoms with Crippen molar-refractivity contribution in [1.29, 1.82) is 0 Å². The van der Waals surface area contributed by atoms with Crippen molar-refractivity contribution in [3.05, 3.63) is 30.1 Å². The SMILES string of the molecule is CCC[C@H](NC(=O)c1ccc2nc[nH]c2c1)C(=O)O. The number of aromatic amines is 1.